The number of nitrogens with zero attached hydrogens (tertiary/aromatic N) is 1. The average molecular weight is 233 g/mol. The number of aliphatic imine (C=N–C) groups is 1. The van der Waals surface area contributed by atoms with Crippen molar-refractivity contribution in [2.24, 2.45) is 10.7 Å². The van der Waals surface area contributed by atoms with Gasteiger partial charge in [0.2, 0.25) is 0 Å². The van der Waals surface area contributed by atoms with E-state index >= 15 is 0 Å². The third-order valence-corrected chi connectivity index (χ3v) is 2.37. The molecular weight excluding hydrogens is 210 g/mol. The first kappa shape index (κ1) is 13.6. The Labute approximate surface area is 104 Å². The Morgan fingerprint density at radius 1 is 1.29 bits per heavy atom. The Balaban J connectivity index is 2.80. The summed E-state index contributed by atoms with van der Waals surface area (Å²) in [7, 11) is 0. The highest BCUT2D eigenvalue weighted by atomic mass is 15.1. The highest BCUT2D eigenvalue weighted by molar-refractivity contribution is 5.78. The molecule has 1 aromatic rings. The molecule has 94 valence electrons. The van der Waals surface area contributed by atoms with Crippen molar-refractivity contribution in [2.75, 3.05) is 0 Å². The molecule has 1 unspecified atom stereocenters. The fourth-order valence-corrected chi connectivity index (χ4v) is 1.66. The third kappa shape index (κ3) is 4.89. The van der Waals surface area contributed by atoms with Crippen LogP contribution in [0.4, 0.5) is 0 Å². The van der Waals surface area contributed by atoms with Crippen LogP contribution >= 0.6 is 0 Å². The lowest BCUT2D eigenvalue weighted by molar-refractivity contribution is 0.505. The first-order chi connectivity index (χ1) is 7.92. The van der Waals surface area contributed by atoms with Gasteiger partial charge < -0.3 is 11.1 Å². The quantitative estimate of drug-likeness (QED) is 0.623. The number of rotatable bonds is 3. The van der Waals surface area contributed by atoms with Gasteiger partial charge in [-0.3, -0.25) is 0 Å². The Bertz CT molecular complexity index is 363. The van der Waals surface area contributed by atoms with Gasteiger partial charge in [-0.1, -0.05) is 37.3 Å². The number of nitrogens with one attached hydrogen (secondary N) is 1. The molecule has 0 aromatic heterocycles. The predicted molar refractivity (Wildman–Crippen MR) is 74.0 cm³/mol. The fraction of sp³-hybridized carbons (Fsp3) is 0.500. The van der Waals surface area contributed by atoms with Crippen LogP contribution < -0.4 is 11.1 Å². The van der Waals surface area contributed by atoms with Crippen molar-refractivity contribution in [3.05, 3.63) is 35.9 Å². The lowest BCUT2D eigenvalue weighted by Crippen LogP contribution is -2.45. The maximum Gasteiger partial charge on any atom is 0.189 e. The summed E-state index contributed by atoms with van der Waals surface area (Å²) in [6, 6.07) is 10.4. The summed E-state index contributed by atoms with van der Waals surface area (Å²) in [6.45, 7) is 8.32. The van der Waals surface area contributed by atoms with Crippen LogP contribution in [-0.4, -0.2) is 11.5 Å². The van der Waals surface area contributed by atoms with Crippen molar-refractivity contribution in [2.45, 2.75) is 45.7 Å². The monoisotopic (exact) mass is 233 g/mol. The van der Waals surface area contributed by atoms with E-state index in [4.69, 9.17) is 5.73 Å². The van der Waals surface area contributed by atoms with Crippen LogP contribution in [0.5, 0.6) is 0 Å². The third-order valence-electron chi connectivity index (χ3n) is 2.37. The van der Waals surface area contributed by atoms with Crippen molar-refractivity contribution in [1.82, 2.24) is 5.32 Å². The SMILES string of the molecule is CCC(N=C(N)NC(C)(C)C)c1ccccc1. The second kappa shape index (κ2) is 5.71. The molecule has 0 fully saturated rings. The second-order valence-electron chi connectivity index (χ2n) is 5.22. The van der Waals surface area contributed by atoms with Crippen LogP contribution in [0.15, 0.2) is 35.3 Å². The molecule has 0 spiro atoms. The number of benzene rings is 1. The molecule has 0 radical (unpaired) electrons. The molecule has 0 bridgehead atoms. The molecule has 0 saturated heterocycles. The second-order valence-corrected chi connectivity index (χ2v) is 5.22. The predicted octanol–water partition coefficient (Wildman–Crippen LogP) is 2.84. The molecule has 3 N–H and O–H groups in total. The standard InChI is InChI=1S/C14H23N3/c1-5-12(11-9-7-6-8-10-11)16-13(15)17-14(2,3)4/h6-10,12H,5H2,1-4H3,(H3,15,16,17). The van der Waals surface area contributed by atoms with Crippen molar-refractivity contribution in [1.29, 1.82) is 0 Å². The first-order valence-electron chi connectivity index (χ1n) is 6.09. The van der Waals surface area contributed by atoms with Crippen molar-refractivity contribution in [3.8, 4) is 0 Å². The van der Waals surface area contributed by atoms with E-state index in [2.05, 4.69) is 50.1 Å². The molecule has 1 rings (SSSR count). The average Bonchev–Trinajstić information content (AvgIpc) is 2.24. The largest absolute Gasteiger partial charge is 0.370 e. The molecule has 3 heteroatoms. The van der Waals surface area contributed by atoms with Gasteiger partial charge in [-0.05, 0) is 32.8 Å². The van der Waals surface area contributed by atoms with Crippen LogP contribution in [0.25, 0.3) is 0 Å². The van der Waals surface area contributed by atoms with Crippen molar-refractivity contribution < 1.29 is 0 Å². The Hall–Kier alpha value is -1.51. The summed E-state index contributed by atoms with van der Waals surface area (Å²) in [5, 5.41) is 3.18. The highest BCUT2D eigenvalue weighted by Gasteiger charge is 2.12. The normalized spacial score (nSPS) is 14.5. The van der Waals surface area contributed by atoms with Crippen LogP contribution in [0, 0.1) is 0 Å². The van der Waals surface area contributed by atoms with Gasteiger partial charge in [-0.15, -0.1) is 0 Å². The molecule has 0 aliphatic heterocycles. The number of hydrogen-bond acceptors (Lipinski definition) is 1. The maximum atomic E-state index is 5.91. The highest BCUT2D eigenvalue weighted by Crippen LogP contribution is 2.20. The Morgan fingerprint density at radius 3 is 2.35 bits per heavy atom. The van der Waals surface area contributed by atoms with Gasteiger partial charge in [0.1, 0.15) is 0 Å². The summed E-state index contributed by atoms with van der Waals surface area (Å²) in [5.41, 5.74) is 7.06. The fourth-order valence-electron chi connectivity index (χ4n) is 1.66. The maximum absolute atomic E-state index is 5.91. The van der Waals surface area contributed by atoms with E-state index in [-0.39, 0.29) is 11.6 Å². The van der Waals surface area contributed by atoms with Gasteiger partial charge in [0, 0.05) is 5.54 Å². The van der Waals surface area contributed by atoms with E-state index in [0.717, 1.165) is 6.42 Å². The molecule has 0 amide bonds. The van der Waals surface area contributed by atoms with Crippen LogP contribution in [0.2, 0.25) is 0 Å². The molecule has 0 aliphatic carbocycles. The zero-order valence-corrected chi connectivity index (χ0v) is 11.2. The van der Waals surface area contributed by atoms with Crippen LogP contribution in [0.3, 0.4) is 0 Å². The molecule has 17 heavy (non-hydrogen) atoms. The van der Waals surface area contributed by atoms with E-state index in [1.54, 1.807) is 0 Å². The molecule has 3 nitrogen and oxygen atoms in total. The zero-order valence-electron chi connectivity index (χ0n) is 11.2. The van der Waals surface area contributed by atoms with E-state index in [1.807, 2.05) is 18.2 Å². The minimum Gasteiger partial charge on any atom is -0.370 e. The summed E-state index contributed by atoms with van der Waals surface area (Å²) in [6.07, 6.45) is 0.941. The molecule has 1 atom stereocenters. The topological polar surface area (TPSA) is 50.4 Å². The number of hydrogen-bond donors (Lipinski definition) is 2. The summed E-state index contributed by atoms with van der Waals surface area (Å²) in [5.74, 6) is 0.508. The summed E-state index contributed by atoms with van der Waals surface area (Å²) < 4.78 is 0. The smallest absolute Gasteiger partial charge is 0.189 e. The Morgan fingerprint density at radius 2 is 1.88 bits per heavy atom. The molecular formula is C14H23N3. The van der Waals surface area contributed by atoms with Gasteiger partial charge >= 0.3 is 0 Å². The van der Waals surface area contributed by atoms with Gasteiger partial charge in [-0.25, -0.2) is 4.99 Å². The van der Waals surface area contributed by atoms with E-state index in [1.165, 1.54) is 5.56 Å². The van der Waals surface area contributed by atoms with Crippen LogP contribution in [-0.2, 0) is 0 Å². The summed E-state index contributed by atoms with van der Waals surface area (Å²) in [4.78, 5) is 4.53. The van der Waals surface area contributed by atoms with Gasteiger partial charge in [0.25, 0.3) is 0 Å². The zero-order chi connectivity index (χ0) is 12.9. The molecule has 0 aliphatic rings. The van der Waals surface area contributed by atoms with E-state index in [0.29, 0.717) is 5.96 Å². The van der Waals surface area contributed by atoms with Gasteiger partial charge in [0.05, 0.1) is 6.04 Å². The molecule has 0 saturated carbocycles. The number of nitrogens with two attached hydrogens (primary N) is 1. The number of guanidine groups is 1. The minimum absolute atomic E-state index is 0.0530. The first-order valence-corrected chi connectivity index (χ1v) is 6.09. The van der Waals surface area contributed by atoms with Gasteiger partial charge in [-0.2, -0.15) is 0 Å². The lowest BCUT2D eigenvalue weighted by Gasteiger charge is -2.22. The van der Waals surface area contributed by atoms with Crippen molar-refractivity contribution >= 4 is 5.96 Å². The van der Waals surface area contributed by atoms with Crippen LogP contribution in [0.1, 0.15) is 45.7 Å². The molecule has 1 aromatic carbocycles. The lowest BCUT2D eigenvalue weighted by atomic mass is 10.1. The van der Waals surface area contributed by atoms with E-state index < -0.39 is 0 Å². The van der Waals surface area contributed by atoms with Crippen molar-refractivity contribution in [3.63, 3.8) is 0 Å². The minimum atomic E-state index is -0.0530. The van der Waals surface area contributed by atoms with E-state index in [9.17, 15) is 0 Å². The van der Waals surface area contributed by atoms with Gasteiger partial charge in [0.15, 0.2) is 5.96 Å². The molecule has 0 heterocycles. The Kier molecular flexibility index (Phi) is 4.55. The summed E-state index contributed by atoms with van der Waals surface area (Å²) >= 11 is 0.